The molecule has 0 aliphatic carbocycles. The molecule has 0 aliphatic heterocycles. The van der Waals surface area contributed by atoms with Gasteiger partial charge < -0.3 is 9.15 Å². The van der Waals surface area contributed by atoms with Gasteiger partial charge in [0.15, 0.2) is 17.2 Å². The summed E-state index contributed by atoms with van der Waals surface area (Å²) >= 11 is 0. The van der Waals surface area contributed by atoms with E-state index < -0.39 is 15.8 Å². The molecule has 2 aromatic carbocycles. The molecule has 2 aromatic heterocycles. The second-order valence-electron chi connectivity index (χ2n) is 6.34. The first-order valence-corrected chi connectivity index (χ1v) is 10.2. The summed E-state index contributed by atoms with van der Waals surface area (Å²) in [7, 11) is -3.98. The van der Waals surface area contributed by atoms with E-state index in [1.807, 2.05) is 31.2 Å². The largest absolute Gasteiger partial charge is 0.485 e. The van der Waals surface area contributed by atoms with Gasteiger partial charge in [-0.2, -0.15) is 0 Å². The Bertz CT molecular complexity index is 1340. The Morgan fingerprint density at radius 2 is 1.97 bits per heavy atom. The predicted molar refractivity (Wildman–Crippen MR) is 107 cm³/mol. The topological polar surface area (TPSA) is 114 Å². The molecule has 0 unspecified atom stereocenters. The summed E-state index contributed by atoms with van der Waals surface area (Å²) in [5, 5.41) is 0. The maximum atomic E-state index is 12.8. The number of sulfonamides is 1. The summed E-state index contributed by atoms with van der Waals surface area (Å²) in [6.07, 6.45) is 1.47. The maximum Gasteiger partial charge on any atom is 0.417 e. The summed E-state index contributed by atoms with van der Waals surface area (Å²) in [5.74, 6) is -0.288. The molecule has 148 valence electrons. The Kier molecular flexibility index (Phi) is 4.81. The Morgan fingerprint density at radius 1 is 1.14 bits per heavy atom. The molecule has 2 heterocycles. The Labute approximate surface area is 166 Å². The number of H-pyrrole nitrogens is 1. The highest BCUT2D eigenvalue weighted by atomic mass is 32.2. The monoisotopic (exact) mass is 411 g/mol. The average molecular weight is 411 g/mol. The number of nitrogens with one attached hydrogen (secondary N) is 2. The second kappa shape index (κ2) is 7.44. The first-order chi connectivity index (χ1) is 13.9. The van der Waals surface area contributed by atoms with Crippen LogP contribution in [0.4, 0.5) is 5.82 Å². The third-order valence-corrected chi connectivity index (χ3v) is 5.69. The van der Waals surface area contributed by atoms with E-state index in [0.29, 0.717) is 11.3 Å². The molecule has 4 rings (SSSR count). The molecule has 9 heteroatoms. The minimum atomic E-state index is -3.98. The van der Waals surface area contributed by atoms with Gasteiger partial charge in [-0.1, -0.05) is 24.3 Å². The van der Waals surface area contributed by atoms with E-state index in [1.54, 1.807) is 12.1 Å². The molecular weight excluding hydrogens is 394 g/mol. The van der Waals surface area contributed by atoms with Gasteiger partial charge in [-0.3, -0.25) is 9.71 Å². The lowest BCUT2D eigenvalue weighted by Crippen LogP contribution is -2.15. The quantitative estimate of drug-likeness (QED) is 0.504. The molecule has 0 saturated heterocycles. The van der Waals surface area contributed by atoms with E-state index in [-0.39, 0.29) is 22.9 Å². The number of aromatic amines is 1. The lowest BCUT2D eigenvalue weighted by atomic mass is 10.1. The van der Waals surface area contributed by atoms with Gasteiger partial charge in [-0.05, 0) is 42.3 Å². The van der Waals surface area contributed by atoms with Crippen molar-refractivity contribution in [3.05, 3.63) is 82.5 Å². The van der Waals surface area contributed by atoms with Crippen molar-refractivity contribution in [2.45, 2.75) is 18.4 Å². The smallest absolute Gasteiger partial charge is 0.417 e. The van der Waals surface area contributed by atoms with Crippen LogP contribution in [0.5, 0.6) is 5.75 Å². The molecule has 0 spiro atoms. The van der Waals surface area contributed by atoms with Gasteiger partial charge in [0.1, 0.15) is 6.61 Å². The number of hydrogen-bond acceptors (Lipinski definition) is 6. The highest BCUT2D eigenvalue weighted by Gasteiger charge is 2.19. The first-order valence-electron chi connectivity index (χ1n) is 8.70. The van der Waals surface area contributed by atoms with E-state index in [0.717, 1.165) is 11.1 Å². The van der Waals surface area contributed by atoms with Crippen molar-refractivity contribution in [3.8, 4) is 5.75 Å². The number of rotatable bonds is 6. The Morgan fingerprint density at radius 3 is 2.79 bits per heavy atom. The third-order valence-electron chi connectivity index (χ3n) is 4.35. The number of anilines is 1. The zero-order valence-electron chi connectivity index (χ0n) is 15.4. The highest BCUT2D eigenvalue weighted by Crippen LogP contribution is 2.26. The van der Waals surface area contributed by atoms with Crippen LogP contribution in [0, 0.1) is 6.92 Å². The van der Waals surface area contributed by atoms with Gasteiger partial charge >= 0.3 is 5.76 Å². The molecule has 29 heavy (non-hydrogen) atoms. The van der Waals surface area contributed by atoms with Crippen molar-refractivity contribution >= 4 is 26.9 Å². The van der Waals surface area contributed by atoms with E-state index >= 15 is 0 Å². The van der Waals surface area contributed by atoms with Crippen molar-refractivity contribution in [1.82, 2.24) is 9.97 Å². The summed E-state index contributed by atoms with van der Waals surface area (Å²) in [6.45, 7) is 2.24. The minimum Gasteiger partial charge on any atom is -0.485 e. The zero-order chi connectivity index (χ0) is 20.4. The Balaban J connectivity index is 1.59. The third kappa shape index (κ3) is 3.99. The average Bonchev–Trinajstić information content (AvgIpc) is 3.07. The second-order valence-corrected chi connectivity index (χ2v) is 8.03. The number of benzene rings is 2. The molecule has 0 aliphatic rings. The van der Waals surface area contributed by atoms with E-state index in [1.165, 1.54) is 24.4 Å². The fourth-order valence-corrected chi connectivity index (χ4v) is 3.83. The minimum absolute atomic E-state index is 0.0664. The fraction of sp³-hybridized carbons (Fsp3) is 0.100. The van der Waals surface area contributed by atoms with Crippen molar-refractivity contribution < 1.29 is 17.6 Å². The summed E-state index contributed by atoms with van der Waals surface area (Å²) < 4.78 is 38.8. The normalized spacial score (nSPS) is 11.5. The predicted octanol–water partition coefficient (Wildman–Crippen LogP) is 3.20. The molecule has 0 radical (unpaired) electrons. The van der Waals surface area contributed by atoms with Gasteiger partial charge in [0.25, 0.3) is 10.0 Å². The lowest BCUT2D eigenvalue weighted by molar-refractivity contribution is 0.306. The molecule has 0 atom stereocenters. The Hall–Kier alpha value is -3.59. The van der Waals surface area contributed by atoms with Gasteiger partial charge in [0.05, 0.1) is 10.4 Å². The van der Waals surface area contributed by atoms with Crippen LogP contribution in [-0.2, 0) is 16.6 Å². The number of fused-ring (bicyclic) bond motifs is 1. The first kappa shape index (κ1) is 18.8. The molecule has 2 N–H and O–H groups in total. The SMILES string of the molecule is Cc1ccccc1COc1cccnc1NS(=O)(=O)c1ccc2[nH]c(=O)oc2c1. The van der Waals surface area contributed by atoms with Crippen LogP contribution < -0.4 is 15.2 Å². The zero-order valence-corrected chi connectivity index (χ0v) is 16.2. The molecule has 0 fully saturated rings. The molecular formula is C20H17N3O5S. The van der Waals surface area contributed by atoms with Crippen molar-refractivity contribution in [3.63, 3.8) is 0 Å². The highest BCUT2D eigenvalue weighted by molar-refractivity contribution is 7.92. The van der Waals surface area contributed by atoms with Gasteiger partial charge in [0, 0.05) is 12.3 Å². The van der Waals surface area contributed by atoms with Crippen molar-refractivity contribution in [2.75, 3.05) is 4.72 Å². The van der Waals surface area contributed by atoms with Gasteiger partial charge in [0.2, 0.25) is 0 Å². The number of pyridine rings is 1. The molecule has 4 aromatic rings. The summed E-state index contributed by atoms with van der Waals surface area (Å²) in [5.41, 5.74) is 2.61. The number of hydrogen-bond donors (Lipinski definition) is 2. The number of ether oxygens (including phenoxy) is 1. The van der Waals surface area contributed by atoms with Crippen molar-refractivity contribution in [2.24, 2.45) is 0 Å². The number of aryl methyl sites for hydroxylation is 1. The fourth-order valence-electron chi connectivity index (χ4n) is 2.79. The lowest BCUT2D eigenvalue weighted by Gasteiger charge is -2.13. The molecule has 0 saturated carbocycles. The number of oxazole rings is 1. The van der Waals surface area contributed by atoms with Crippen LogP contribution in [0.15, 0.2) is 74.9 Å². The van der Waals surface area contributed by atoms with Gasteiger partial charge in [-0.15, -0.1) is 0 Å². The maximum absolute atomic E-state index is 12.8. The molecule has 0 amide bonds. The molecule has 0 bridgehead atoms. The van der Waals surface area contributed by atoms with Crippen LogP contribution in [0.3, 0.4) is 0 Å². The van der Waals surface area contributed by atoms with Crippen LogP contribution in [0.2, 0.25) is 0 Å². The summed E-state index contributed by atoms with van der Waals surface area (Å²) in [4.78, 5) is 17.8. The van der Waals surface area contributed by atoms with Crippen molar-refractivity contribution in [1.29, 1.82) is 0 Å². The van der Waals surface area contributed by atoms with Crippen LogP contribution in [-0.4, -0.2) is 18.4 Å². The standard InChI is InChI=1S/C20H17N3O5S/c1-13-5-2-3-6-14(13)12-27-17-7-4-10-21-19(17)23-29(25,26)15-8-9-16-18(11-15)28-20(24)22-16/h2-11H,12H2,1H3,(H,21,23)(H,22,24). The van der Waals surface area contributed by atoms with E-state index in [4.69, 9.17) is 9.15 Å². The number of aromatic nitrogens is 2. The van der Waals surface area contributed by atoms with Crippen LogP contribution in [0.25, 0.3) is 11.1 Å². The van der Waals surface area contributed by atoms with E-state index in [9.17, 15) is 13.2 Å². The van der Waals surface area contributed by atoms with Gasteiger partial charge in [-0.25, -0.2) is 18.2 Å². The summed E-state index contributed by atoms with van der Waals surface area (Å²) in [6, 6.07) is 15.2. The van der Waals surface area contributed by atoms with E-state index in [2.05, 4.69) is 14.7 Å². The van der Waals surface area contributed by atoms with Crippen LogP contribution in [0.1, 0.15) is 11.1 Å². The molecule has 8 nitrogen and oxygen atoms in total. The van der Waals surface area contributed by atoms with Crippen LogP contribution >= 0.6 is 0 Å². The number of nitrogens with zero attached hydrogens (tertiary/aromatic N) is 1.